The van der Waals surface area contributed by atoms with Crippen LogP contribution >= 0.6 is 0 Å². The van der Waals surface area contributed by atoms with Crippen LogP contribution in [0.3, 0.4) is 0 Å². The third-order valence-corrected chi connectivity index (χ3v) is 14.0. The minimum atomic E-state index is 0.878. The molecule has 0 radical (unpaired) electrons. The first kappa shape index (κ1) is 36.7. The van der Waals surface area contributed by atoms with Gasteiger partial charge in [0.25, 0.3) is 0 Å². The van der Waals surface area contributed by atoms with E-state index < -0.39 is 0 Å². The molecule has 0 aliphatic rings. The largest absolute Gasteiger partial charge is 0.456 e. The van der Waals surface area contributed by atoms with Crippen molar-refractivity contribution in [1.82, 2.24) is 4.57 Å². The van der Waals surface area contributed by atoms with Gasteiger partial charge in [-0.3, -0.25) is 0 Å². The summed E-state index contributed by atoms with van der Waals surface area (Å²) in [6.07, 6.45) is 0. The number of fused-ring (bicyclic) bond motifs is 10. The molecule has 66 heavy (non-hydrogen) atoms. The highest BCUT2D eigenvalue weighted by Crippen LogP contribution is 2.49. The first-order valence-corrected chi connectivity index (χ1v) is 22.8. The third kappa shape index (κ3) is 5.36. The summed E-state index contributed by atoms with van der Waals surface area (Å²) in [5, 5.41) is 14.6. The number of aromatic nitrogens is 1. The van der Waals surface area contributed by atoms with Crippen LogP contribution < -0.4 is 0 Å². The lowest BCUT2D eigenvalue weighted by molar-refractivity contribution is 0.669. The number of hydrogen-bond donors (Lipinski definition) is 0. The number of rotatable bonds is 5. The van der Waals surface area contributed by atoms with Gasteiger partial charge in [-0.2, -0.15) is 0 Å². The quantitative estimate of drug-likeness (QED) is 0.158. The molecule has 0 saturated carbocycles. The summed E-state index contributed by atoms with van der Waals surface area (Å²) in [5.41, 5.74) is 15.0. The first-order valence-electron chi connectivity index (χ1n) is 22.8. The smallest absolute Gasteiger partial charge is 0.136 e. The number of furan rings is 1. The Morgan fingerprint density at radius 3 is 1.23 bits per heavy atom. The zero-order valence-electron chi connectivity index (χ0n) is 35.9. The van der Waals surface area contributed by atoms with E-state index in [4.69, 9.17) is 4.42 Å². The Balaban J connectivity index is 1.00. The molecular formula is C64H39NO. The van der Waals surface area contributed by atoms with Crippen LogP contribution in [0.4, 0.5) is 0 Å². The highest BCUT2D eigenvalue weighted by molar-refractivity contribution is 6.27. The average molecular weight is 838 g/mol. The SMILES string of the molecule is c1ccc(-c2c3ccccc3c(-c3cccc4oc5ccc(-c6c7ccccc7c(-c7cccc(-n8c9ccccc9c9ccccc98)c7)c7ccccc67)cc5c34)c3ccccc23)cc1. The summed E-state index contributed by atoms with van der Waals surface area (Å²) in [6.45, 7) is 0. The summed E-state index contributed by atoms with van der Waals surface area (Å²) in [7, 11) is 0. The molecule has 2 aromatic heterocycles. The van der Waals surface area contributed by atoms with Crippen LogP contribution in [0.25, 0.3) is 137 Å². The molecule has 12 aromatic carbocycles. The van der Waals surface area contributed by atoms with Gasteiger partial charge in [-0.25, -0.2) is 0 Å². The standard InChI is InChI=1S/C64H39NO/c1-2-18-40(19-3-1)60-50-28-8-10-30-52(50)63(53-31-11-9-29-51(53)60)54-32-17-35-59-64(54)55-39-42(36-37-58(55)66-59)62-48-26-6-4-24-46(48)61(47-25-5-7-27-49(47)62)41-20-16-21-43(38-41)65-56-33-14-12-22-44(56)45-23-13-15-34-57(45)65/h1-39H. The summed E-state index contributed by atoms with van der Waals surface area (Å²) in [4.78, 5) is 0. The van der Waals surface area contributed by atoms with E-state index >= 15 is 0 Å². The van der Waals surface area contributed by atoms with Crippen molar-refractivity contribution in [3.63, 3.8) is 0 Å². The van der Waals surface area contributed by atoms with Crippen LogP contribution in [-0.2, 0) is 0 Å². The zero-order valence-corrected chi connectivity index (χ0v) is 35.9. The molecular weight excluding hydrogens is 799 g/mol. The van der Waals surface area contributed by atoms with Gasteiger partial charge >= 0.3 is 0 Å². The van der Waals surface area contributed by atoms with E-state index in [0.29, 0.717) is 0 Å². The predicted octanol–water partition coefficient (Wildman–Crippen LogP) is 18.0. The Morgan fingerprint density at radius 1 is 0.258 bits per heavy atom. The Hall–Kier alpha value is -8.72. The van der Waals surface area contributed by atoms with Crippen molar-refractivity contribution in [2.45, 2.75) is 0 Å². The molecule has 2 heterocycles. The number of benzene rings is 12. The maximum absolute atomic E-state index is 6.77. The first-order chi connectivity index (χ1) is 32.8. The lowest BCUT2D eigenvalue weighted by Crippen LogP contribution is -1.95. The van der Waals surface area contributed by atoms with Crippen molar-refractivity contribution in [2.75, 3.05) is 0 Å². The lowest BCUT2D eigenvalue weighted by Gasteiger charge is -2.19. The van der Waals surface area contributed by atoms with Crippen molar-refractivity contribution >= 4 is 86.8 Å². The van der Waals surface area contributed by atoms with E-state index in [-0.39, 0.29) is 0 Å². The van der Waals surface area contributed by atoms with Crippen LogP contribution in [0.1, 0.15) is 0 Å². The van der Waals surface area contributed by atoms with Gasteiger partial charge in [0.2, 0.25) is 0 Å². The molecule has 2 nitrogen and oxygen atoms in total. The number of nitrogens with zero attached hydrogens (tertiary/aromatic N) is 1. The molecule has 0 amide bonds. The summed E-state index contributed by atoms with van der Waals surface area (Å²) in [6, 6.07) is 86.4. The lowest BCUT2D eigenvalue weighted by atomic mass is 9.84. The Morgan fingerprint density at radius 2 is 0.682 bits per heavy atom. The fraction of sp³-hybridized carbons (Fsp3) is 0. The van der Waals surface area contributed by atoms with Gasteiger partial charge in [-0.15, -0.1) is 0 Å². The normalized spacial score (nSPS) is 11.9. The van der Waals surface area contributed by atoms with Crippen molar-refractivity contribution in [3.05, 3.63) is 237 Å². The summed E-state index contributed by atoms with van der Waals surface area (Å²) >= 11 is 0. The second-order valence-electron chi connectivity index (χ2n) is 17.5. The summed E-state index contributed by atoms with van der Waals surface area (Å²) in [5.74, 6) is 0. The molecule has 0 atom stereocenters. The van der Waals surface area contributed by atoms with Gasteiger partial charge in [0, 0.05) is 27.2 Å². The minimum absolute atomic E-state index is 0.878. The molecule has 0 N–H and O–H groups in total. The van der Waals surface area contributed by atoms with E-state index in [1.54, 1.807) is 0 Å². The van der Waals surface area contributed by atoms with E-state index in [1.807, 2.05) is 0 Å². The van der Waals surface area contributed by atoms with Gasteiger partial charge in [0.05, 0.1) is 11.0 Å². The molecule has 0 bridgehead atoms. The Kier molecular flexibility index (Phi) is 8.02. The van der Waals surface area contributed by atoms with Crippen molar-refractivity contribution < 1.29 is 4.42 Å². The predicted molar refractivity (Wildman–Crippen MR) is 280 cm³/mol. The maximum Gasteiger partial charge on any atom is 0.136 e. The Bertz CT molecular complexity index is 4120. The van der Waals surface area contributed by atoms with E-state index in [0.717, 1.165) is 33.2 Å². The monoisotopic (exact) mass is 837 g/mol. The molecule has 14 aromatic rings. The Labute approximate surface area is 380 Å². The van der Waals surface area contributed by atoms with E-state index in [2.05, 4.69) is 241 Å². The highest BCUT2D eigenvalue weighted by Gasteiger charge is 2.23. The van der Waals surface area contributed by atoms with Crippen molar-refractivity contribution in [2.24, 2.45) is 0 Å². The van der Waals surface area contributed by atoms with Crippen molar-refractivity contribution in [1.29, 1.82) is 0 Å². The molecule has 0 fully saturated rings. The molecule has 14 rings (SSSR count). The molecule has 306 valence electrons. The van der Waals surface area contributed by atoms with Crippen LogP contribution in [0.2, 0.25) is 0 Å². The number of para-hydroxylation sites is 2. The zero-order chi connectivity index (χ0) is 43.3. The average Bonchev–Trinajstić information content (AvgIpc) is 3.93. The third-order valence-electron chi connectivity index (χ3n) is 14.0. The van der Waals surface area contributed by atoms with Gasteiger partial charge in [0.15, 0.2) is 0 Å². The minimum Gasteiger partial charge on any atom is -0.456 e. The van der Waals surface area contributed by atoms with Gasteiger partial charge < -0.3 is 8.98 Å². The maximum atomic E-state index is 6.77. The molecule has 0 aliphatic heterocycles. The van der Waals surface area contributed by atoms with Crippen LogP contribution in [0.15, 0.2) is 241 Å². The second-order valence-corrected chi connectivity index (χ2v) is 17.5. The number of hydrogen-bond acceptors (Lipinski definition) is 1. The molecule has 0 spiro atoms. The molecule has 0 unspecified atom stereocenters. The molecule has 0 saturated heterocycles. The van der Waals surface area contributed by atoms with E-state index in [9.17, 15) is 0 Å². The fourth-order valence-corrected chi connectivity index (χ4v) is 11.3. The van der Waals surface area contributed by atoms with Crippen LogP contribution in [0, 0.1) is 0 Å². The van der Waals surface area contributed by atoms with Gasteiger partial charge in [0.1, 0.15) is 11.2 Å². The fourth-order valence-electron chi connectivity index (χ4n) is 11.3. The highest BCUT2D eigenvalue weighted by atomic mass is 16.3. The summed E-state index contributed by atoms with van der Waals surface area (Å²) < 4.78 is 9.18. The molecule has 2 heteroatoms. The van der Waals surface area contributed by atoms with Gasteiger partial charge in [-0.05, 0) is 130 Å². The van der Waals surface area contributed by atoms with E-state index in [1.165, 1.54) is 104 Å². The molecule has 0 aliphatic carbocycles. The van der Waals surface area contributed by atoms with Crippen LogP contribution in [0.5, 0.6) is 0 Å². The van der Waals surface area contributed by atoms with Gasteiger partial charge in [-0.1, -0.05) is 194 Å². The van der Waals surface area contributed by atoms with Crippen molar-refractivity contribution in [3.8, 4) is 50.2 Å². The topological polar surface area (TPSA) is 18.1 Å². The van der Waals surface area contributed by atoms with Crippen LogP contribution in [-0.4, -0.2) is 4.57 Å². The second kappa shape index (κ2) is 14.4.